The van der Waals surface area contributed by atoms with Gasteiger partial charge in [0.25, 0.3) is 0 Å². The van der Waals surface area contributed by atoms with Crippen LogP contribution in [-0.2, 0) is 16.0 Å². The van der Waals surface area contributed by atoms with Gasteiger partial charge in [0, 0.05) is 10.1 Å². The summed E-state index contributed by atoms with van der Waals surface area (Å²) < 4.78 is 14.5. The smallest absolute Gasteiger partial charge is 0.167 e. The Balaban J connectivity index is 1.43. The summed E-state index contributed by atoms with van der Waals surface area (Å²) in [5.41, 5.74) is 1.22. The van der Waals surface area contributed by atoms with Crippen LogP contribution >= 0.6 is 22.6 Å². The molecule has 4 heterocycles. The topological polar surface area (TPSA) is 115 Å². The molecule has 0 amide bonds. The lowest BCUT2D eigenvalue weighted by molar-refractivity contribution is -0.185. The van der Waals surface area contributed by atoms with E-state index < -0.39 is 24.0 Å². The summed E-state index contributed by atoms with van der Waals surface area (Å²) in [6.07, 6.45) is 0.966. The van der Waals surface area contributed by atoms with Crippen LogP contribution in [0, 0.1) is 3.57 Å². The van der Waals surface area contributed by atoms with Crippen molar-refractivity contribution in [3.8, 4) is 0 Å². The molecular weight excluding hydrogens is 477 g/mol. The molecule has 0 radical (unpaired) electrons. The molecule has 1 aromatic carbocycles. The molecule has 1 unspecified atom stereocenters. The molecule has 2 bridgehead atoms. The van der Waals surface area contributed by atoms with Gasteiger partial charge in [0.05, 0.1) is 19.5 Å². The van der Waals surface area contributed by atoms with Gasteiger partial charge >= 0.3 is 0 Å². The van der Waals surface area contributed by atoms with Crippen LogP contribution in [-0.4, -0.2) is 60.8 Å². The lowest BCUT2D eigenvalue weighted by atomic mass is 10.0. The van der Waals surface area contributed by atoms with Crippen molar-refractivity contribution in [3.05, 3.63) is 46.1 Å². The molecule has 0 saturated carbocycles. The molecule has 28 heavy (non-hydrogen) atoms. The molecular formula is C18H18IN5O4. The predicted molar refractivity (Wildman–Crippen MR) is 107 cm³/mol. The standard InChI is InChI=1S/C18H18IN5O4/c19-11-3-1-2-10(4-11)5-20-15-12-16(22-8-21-15)24(9-23-12)17-13-14(26)18(6-25,28-17)7-27-13/h1-4,8-9,13-14,17,25-26H,5-7H2,(H,20,21,22)/t13-,14?,17+,18-/m0/s1. The van der Waals surface area contributed by atoms with Gasteiger partial charge in [-0.25, -0.2) is 15.0 Å². The van der Waals surface area contributed by atoms with Crippen molar-refractivity contribution in [2.45, 2.75) is 30.6 Å². The number of anilines is 1. The summed E-state index contributed by atoms with van der Waals surface area (Å²) in [4.78, 5) is 13.1. The number of nitrogens with one attached hydrogen (secondary N) is 1. The third-order valence-corrected chi connectivity index (χ3v) is 5.93. The molecule has 9 nitrogen and oxygen atoms in total. The molecule has 2 fully saturated rings. The summed E-state index contributed by atoms with van der Waals surface area (Å²) in [7, 11) is 0. The second kappa shape index (κ2) is 6.88. The molecule has 2 aliphatic heterocycles. The van der Waals surface area contributed by atoms with Gasteiger partial charge in [0.1, 0.15) is 24.1 Å². The third-order valence-electron chi connectivity index (χ3n) is 5.26. The number of nitrogens with zero attached hydrogens (tertiary/aromatic N) is 4. The number of ether oxygens (including phenoxy) is 2. The number of fused-ring (bicyclic) bond motifs is 3. The predicted octanol–water partition coefficient (Wildman–Crippen LogP) is 1.06. The quantitative estimate of drug-likeness (QED) is 0.451. The van der Waals surface area contributed by atoms with Crippen LogP contribution in [0.3, 0.4) is 0 Å². The van der Waals surface area contributed by atoms with Crippen molar-refractivity contribution in [2.75, 3.05) is 18.5 Å². The van der Waals surface area contributed by atoms with Gasteiger partial charge in [-0.05, 0) is 40.3 Å². The molecule has 2 saturated heterocycles. The summed E-state index contributed by atoms with van der Waals surface area (Å²) in [6, 6.07) is 8.19. The molecule has 3 aromatic rings. The number of benzene rings is 1. The van der Waals surface area contributed by atoms with Crippen LogP contribution in [0.15, 0.2) is 36.9 Å². The van der Waals surface area contributed by atoms with Gasteiger partial charge < -0.3 is 25.0 Å². The fourth-order valence-corrected chi connectivity index (χ4v) is 4.36. The van der Waals surface area contributed by atoms with Crippen molar-refractivity contribution in [1.82, 2.24) is 19.5 Å². The van der Waals surface area contributed by atoms with E-state index >= 15 is 0 Å². The van der Waals surface area contributed by atoms with Crippen LogP contribution < -0.4 is 5.32 Å². The maximum Gasteiger partial charge on any atom is 0.167 e. The van der Waals surface area contributed by atoms with Gasteiger partial charge in [0.15, 0.2) is 23.2 Å². The van der Waals surface area contributed by atoms with Crippen molar-refractivity contribution < 1.29 is 19.7 Å². The number of aliphatic hydroxyl groups is 2. The molecule has 146 valence electrons. The van der Waals surface area contributed by atoms with E-state index in [1.54, 1.807) is 10.9 Å². The first kappa shape index (κ1) is 18.2. The SMILES string of the molecule is OC[C@]12CO[C@@H](C1O)[C@H](n1cnc3c(NCc4cccc(I)c4)ncnc31)O2. The number of aromatic nitrogens is 4. The number of aliphatic hydroxyl groups excluding tert-OH is 2. The summed E-state index contributed by atoms with van der Waals surface area (Å²) >= 11 is 2.28. The van der Waals surface area contributed by atoms with E-state index in [9.17, 15) is 10.2 Å². The normalized spacial score (nSPS) is 28.9. The van der Waals surface area contributed by atoms with Gasteiger partial charge in [-0.1, -0.05) is 12.1 Å². The molecule has 2 aliphatic rings. The van der Waals surface area contributed by atoms with Crippen molar-refractivity contribution in [2.24, 2.45) is 0 Å². The average Bonchev–Trinajstić information content (AvgIpc) is 3.36. The van der Waals surface area contributed by atoms with E-state index in [1.165, 1.54) is 9.90 Å². The average molecular weight is 495 g/mol. The monoisotopic (exact) mass is 495 g/mol. The van der Waals surface area contributed by atoms with Crippen molar-refractivity contribution in [3.63, 3.8) is 0 Å². The maximum atomic E-state index is 10.4. The fourth-order valence-electron chi connectivity index (χ4n) is 3.75. The molecule has 5 rings (SSSR count). The van der Waals surface area contributed by atoms with Crippen LogP contribution in [0.1, 0.15) is 11.8 Å². The Morgan fingerprint density at radius 2 is 2.21 bits per heavy atom. The van der Waals surface area contributed by atoms with E-state index in [2.05, 4.69) is 48.9 Å². The van der Waals surface area contributed by atoms with E-state index in [-0.39, 0.29) is 13.2 Å². The Morgan fingerprint density at radius 1 is 1.32 bits per heavy atom. The maximum absolute atomic E-state index is 10.4. The number of halogens is 1. The largest absolute Gasteiger partial charge is 0.393 e. The third kappa shape index (κ3) is 2.78. The summed E-state index contributed by atoms with van der Waals surface area (Å²) in [5, 5.41) is 23.4. The molecule has 10 heteroatoms. The number of imidazole rings is 1. The lowest BCUT2D eigenvalue weighted by Crippen LogP contribution is -2.44. The second-order valence-electron chi connectivity index (χ2n) is 6.98. The Kier molecular flexibility index (Phi) is 4.47. The molecule has 0 aliphatic carbocycles. The second-order valence-corrected chi connectivity index (χ2v) is 8.23. The highest BCUT2D eigenvalue weighted by molar-refractivity contribution is 14.1. The number of hydrogen-bond acceptors (Lipinski definition) is 8. The van der Waals surface area contributed by atoms with Crippen LogP contribution in [0.25, 0.3) is 11.2 Å². The zero-order valence-electron chi connectivity index (χ0n) is 14.7. The highest BCUT2D eigenvalue weighted by Crippen LogP contribution is 2.45. The van der Waals surface area contributed by atoms with E-state index in [4.69, 9.17) is 9.47 Å². The number of hydrogen-bond donors (Lipinski definition) is 3. The minimum Gasteiger partial charge on any atom is -0.393 e. The zero-order valence-corrected chi connectivity index (χ0v) is 16.9. The summed E-state index contributed by atoms with van der Waals surface area (Å²) in [5.74, 6) is 0.615. The van der Waals surface area contributed by atoms with E-state index in [1.807, 2.05) is 18.2 Å². The van der Waals surface area contributed by atoms with Gasteiger partial charge in [-0.2, -0.15) is 0 Å². The molecule has 0 spiro atoms. The highest BCUT2D eigenvalue weighted by Gasteiger charge is 2.61. The fraction of sp³-hybridized carbons (Fsp3) is 0.389. The Bertz CT molecular complexity index is 1030. The minimum atomic E-state index is -1.09. The van der Waals surface area contributed by atoms with Gasteiger partial charge in [-0.15, -0.1) is 0 Å². The Hall–Kier alpha value is -1.86. The van der Waals surface area contributed by atoms with Crippen LogP contribution in [0.2, 0.25) is 0 Å². The van der Waals surface area contributed by atoms with E-state index in [0.29, 0.717) is 23.5 Å². The molecule has 2 aromatic heterocycles. The Morgan fingerprint density at radius 3 is 3.00 bits per heavy atom. The van der Waals surface area contributed by atoms with Crippen molar-refractivity contribution >= 4 is 39.6 Å². The number of rotatable bonds is 5. The molecule has 4 atom stereocenters. The van der Waals surface area contributed by atoms with Gasteiger partial charge in [0.2, 0.25) is 0 Å². The zero-order chi connectivity index (χ0) is 19.3. The first-order valence-electron chi connectivity index (χ1n) is 8.85. The van der Waals surface area contributed by atoms with Crippen LogP contribution in [0.4, 0.5) is 5.82 Å². The van der Waals surface area contributed by atoms with Crippen LogP contribution in [0.5, 0.6) is 0 Å². The summed E-state index contributed by atoms with van der Waals surface area (Å²) in [6.45, 7) is 0.454. The first-order valence-corrected chi connectivity index (χ1v) is 9.93. The lowest BCUT2D eigenvalue weighted by Gasteiger charge is -2.29. The van der Waals surface area contributed by atoms with Crippen molar-refractivity contribution in [1.29, 1.82) is 0 Å². The highest BCUT2D eigenvalue weighted by atomic mass is 127. The minimum absolute atomic E-state index is 0.163. The Labute approximate surface area is 173 Å². The molecule has 3 N–H and O–H groups in total. The van der Waals surface area contributed by atoms with E-state index in [0.717, 1.165) is 5.56 Å². The van der Waals surface area contributed by atoms with Gasteiger partial charge in [-0.3, -0.25) is 4.57 Å². The first-order chi connectivity index (χ1) is 13.6.